The Labute approximate surface area is 135 Å². The lowest BCUT2D eigenvalue weighted by Crippen LogP contribution is -2.18. The van der Waals surface area contributed by atoms with Gasteiger partial charge in [-0.25, -0.2) is 0 Å². The fourth-order valence-electron chi connectivity index (χ4n) is 2.05. The van der Waals surface area contributed by atoms with Crippen molar-refractivity contribution in [3.8, 4) is 0 Å². The van der Waals surface area contributed by atoms with Gasteiger partial charge in [0.1, 0.15) is 0 Å². The Morgan fingerprint density at radius 2 is 2.10 bits per heavy atom. The van der Waals surface area contributed by atoms with E-state index in [-0.39, 0.29) is 0 Å². The van der Waals surface area contributed by atoms with Crippen LogP contribution in [0.2, 0.25) is 10.0 Å². The maximum atomic E-state index is 6.19. The highest BCUT2D eigenvalue weighted by atomic mass is 35.5. The molecule has 0 aliphatic heterocycles. The Kier molecular flexibility index (Phi) is 6.06. The molecule has 0 unspecified atom stereocenters. The summed E-state index contributed by atoms with van der Waals surface area (Å²) in [6.07, 6.45) is 2.03. The van der Waals surface area contributed by atoms with E-state index in [1.165, 1.54) is 5.56 Å². The fourth-order valence-corrected chi connectivity index (χ4v) is 2.42. The van der Waals surface area contributed by atoms with Crippen LogP contribution >= 0.6 is 23.2 Å². The Morgan fingerprint density at radius 3 is 2.86 bits per heavy atom. The lowest BCUT2D eigenvalue weighted by Gasteiger charge is -2.05. The highest BCUT2D eigenvalue weighted by Crippen LogP contribution is 2.21. The summed E-state index contributed by atoms with van der Waals surface area (Å²) in [6, 6.07) is 5.47. The van der Waals surface area contributed by atoms with Crippen LogP contribution in [-0.4, -0.2) is 30.0 Å². The number of ether oxygens (including phenoxy) is 1. The SMILES string of the molecule is COCCNCc1cn(Cc2cc(Cl)ccc2Cl)nc1C. The predicted octanol–water partition coefficient (Wildman–Crippen LogP) is 3.28. The van der Waals surface area contributed by atoms with Gasteiger partial charge in [0.2, 0.25) is 0 Å². The quantitative estimate of drug-likeness (QED) is 0.793. The van der Waals surface area contributed by atoms with Crippen molar-refractivity contribution in [1.82, 2.24) is 15.1 Å². The first kappa shape index (κ1) is 16.3. The summed E-state index contributed by atoms with van der Waals surface area (Å²) in [5.41, 5.74) is 3.15. The topological polar surface area (TPSA) is 39.1 Å². The molecule has 1 aromatic heterocycles. The van der Waals surface area contributed by atoms with Crippen LogP contribution in [0.5, 0.6) is 0 Å². The summed E-state index contributed by atoms with van der Waals surface area (Å²) in [5, 5.41) is 9.22. The van der Waals surface area contributed by atoms with Crippen molar-refractivity contribution >= 4 is 23.2 Å². The summed E-state index contributed by atoms with van der Waals surface area (Å²) in [6.45, 7) is 4.91. The minimum absolute atomic E-state index is 0.609. The fraction of sp³-hybridized carbons (Fsp3) is 0.400. The summed E-state index contributed by atoms with van der Waals surface area (Å²) in [5.74, 6) is 0. The van der Waals surface area contributed by atoms with Gasteiger partial charge in [0.25, 0.3) is 0 Å². The molecular weight excluding hydrogens is 309 g/mol. The first-order valence-corrected chi connectivity index (χ1v) is 7.52. The molecule has 0 fully saturated rings. The first-order valence-electron chi connectivity index (χ1n) is 6.76. The largest absolute Gasteiger partial charge is 0.383 e. The van der Waals surface area contributed by atoms with E-state index in [1.54, 1.807) is 13.2 Å². The Bertz CT molecular complexity index is 599. The van der Waals surface area contributed by atoms with E-state index < -0.39 is 0 Å². The molecule has 0 aliphatic rings. The molecule has 2 aromatic rings. The molecule has 21 heavy (non-hydrogen) atoms. The third-order valence-electron chi connectivity index (χ3n) is 3.19. The van der Waals surface area contributed by atoms with Crippen molar-refractivity contribution in [3.63, 3.8) is 0 Å². The van der Waals surface area contributed by atoms with E-state index in [1.807, 2.05) is 29.9 Å². The van der Waals surface area contributed by atoms with Gasteiger partial charge in [0.05, 0.1) is 18.8 Å². The number of benzene rings is 1. The molecule has 0 amide bonds. The zero-order valence-electron chi connectivity index (χ0n) is 12.2. The second-order valence-electron chi connectivity index (χ2n) is 4.84. The van der Waals surface area contributed by atoms with Gasteiger partial charge in [-0.15, -0.1) is 0 Å². The Morgan fingerprint density at radius 1 is 1.29 bits per heavy atom. The summed E-state index contributed by atoms with van der Waals surface area (Å²) in [7, 11) is 1.69. The highest BCUT2D eigenvalue weighted by molar-refractivity contribution is 6.33. The maximum absolute atomic E-state index is 6.19. The van der Waals surface area contributed by atoms with Gasteiger partial charge in [-0.05, 0) is 30.7 Å². The van der Waals surface area contributed by atoms with E-state index in [0.717, 1.165) is 24.3 Å². The van der Waals surface area contributed by atoms with Gasteiger partial charge >= 0.3 is 0 Å². The van der Waals surface area contributed by atoms with Crippen LogP contribution in [0.3, 0.4) is 0 Å². The van der Waals surface area contributed by atoms with E-state index in [2.05, 4.69) is 10.4 Å². The molecule has 0 saturated carbocycles. The lowest BCUT2D eigenvalue weighted by molar-refractivity contribution is 0.199. The average molecular weight is 328 g/mol. The van der Waals surface area contributed by atoms with Crippen LogP contribution in [0.25, 0.3) is 0 Å². The Balaban J connectivity index is 2.02. The minimum atomic E-state index is 0.609. The molecule has 1 N–H and O–H groups in total. The predicted molar refractivity (Wildman–Crippen MR) is 86.1 cm³/mol. The van der Waals surface area contributed by atoms with E-state index in [0.29, 0.717) is 23.2 Å². The van der Waals surface area contributed by atoms with Gasteiger partial charge in [0.15, 0.2) is 0 Å². The molecule has 0 atom stereocenters. The van der Waals surface area contributed by atoms with Crippen molar-refractivity contribution in [1.29, 1.82) is 0 Å². The second kappa shape index (κ2) is 7.80. The number of hydrogen-bond donors (Lipinski definition) is 1. The zero-order chi connectivity index (χ0) is 15.2. The van der Waals surface area contributed by atoms with E-state index in [9.17, 15) is 0 Å². The first-order chi connectivity index (χ1) is 10.1. The molecule has 6 heteroatoms. The maximum Gasteiger partial charge on any atom is 0.0674 e. The van der Waals surface area contributed by atoms with Gasteiger partial charge in [-0.2, -0.15) is 5.10 Å². The van der Waals surface area contributed by atoms with Crippen molar-refractivity contribution in [3.05, 3.63) is 51.3 Å². The Hall–Kier alpha value is -1.07. The van der Waals surface area contributed by atoms with Crippen molar-refractivity contribution in [2.45, 2.75) is 20.0 Å². The lowest BCUT2D eigenvalue weighted by atomic mass is 10.2. The molecule has 1 aromatic carbocycles. The van der Waals surface area contributed by atoms with Gasteiger partial charge < -0.3 is 10.1 Å². The van der Waals surface area contributed by atoms with Crippen molar-refractivity contribution in [2.75, 3.05) is 20.3 Å². The van der Waals surface area contributed by atoms with Crippen LogP contribution in [0.1, 0.15) is 16.8 Å². The summed E-state index contributed by atoms with van der Waals surface area (Å²) in [4.78, 5) is 0. The molecule has 1 heterocycles. The number of hydrogen-bond acceptors (Lipinski definition) is 3. The van der Waals surface area contributed by atoms with E-state index in [4.69, 9.17) is 27.9 Å². The van der Waals surface area contributed by atoms with Gasteiger partial charge in [-0.1, -0.05) is 23.2 Å². The number of rotatable bonds is 7. The normalized spacial score (nSPS) is 11.0. The molecule has 0 spiro atoms. The number of halogens is 2. The highest BCUT2D eigenvalue weighted by Gasteiger charge is 2.07. The van der Waals surface area contributed by atoms with Crippen LogP contribution in [0, 0.1) is 6.92 Å². The second-order valence-corrected chi connectivity index (χ2v) is 5.69. The number of aryl methyl sites for hydroxylation is 1. The number of nitrogens with one attached hydrogen (secondary N) is 1. The van der Waals surface area contributed by atoms with Crippen LogP contribution in [0.15, 0.2) is 24.4 Å². The smallest absolute Gasteiger partial charge is 0.0674 e. The summed E-state index contributed by atoms with van der Waals surface area (Å²) < 4.78 is 6.90. The number of aromatic nitrogens is 2. The molecule has 0 aliphatic carbocycles. The van der Waals surface area contributed by atoms with Crippen LogP contribution in [0.4, 0.5) is 0 Å². The molecule has 0 bridgehead atoms. The zero-order valence-corrected chi connectivity index (χ0v) is 13.7. The van der Waals surface area contributed by atoms with Crippen molar-refractivity contribution in [2.24, 2.45) is 0 Å². The minimum Gasteiger partial charge on any atom is -0.383 e. The van der Waals surface area contributed by atoms with Gasteiger partial charge in [0, 0.05) is 42.0 Å². The summed E-state index contributed by atoms with van der Waals surface area (Å²) >= 11 is 12.2. The average Bonchev–Trinajstić information content (AvgIpc) is 2.79. The standard InChI is InChI=1S/C15H19Cl2N3O/c1-11-13(8-18-5-6-21-2)10-20(19-11)9-12-7-14(16)3-4-15(12)17/h3-4,7,10,18H,5-6,8-9H2,1-2H3. The molecule has 2 rings (SSSR count). The van der Waals surface area contributed by atoms with E-state index >= 15 is 0 Å². The number of nitrogens with zero attached hydrogens (tertiary/aromatic N) is 2. The molecule has 4 nitrogen and oxygen atoms in total. The molecule has 114 valence electrons. The van der Waals surface area contributed by atoms with Crippen molar-refractivity contribution < 1.29 is 4.74 Å². The molecular formula is C15H19Cl2N3O. The number of methoxy groups -OCH3 is 1. The van der Waals surface area contributed by atoms with Crippen LogP contribution in [-0.2, 0) is 17.8 Å². The third kappa shape index (κ3) is 4.71. The van der Waals surface area contributed by atoms with Crippen LogP contribution < -0.4 is 5.32 Å². The molecule has 0 saturated heterocycles. The van der Waals surface area contributed by atoms with Gasteiger partial charge in [-0.3, -0.25) is 4.68 Å². The molecule has 0 radical (unpaired) electrons. The third-order valence-corrected chi connectivity index (χ3v) is 3.79. The monoisotopic (exact) mass is 327 g/mol.